The third-order valence-electron chi connectivity index (χ3n) is 1.56. The Morgan fingerprint density at radius 1 is 1.50 bits per heavy atom. The van der Waals surface area contributed by atoms with Gasteiger partial charge < -0.3 is 5.11 Å². The number of halogens is 1. The molecular weight excluding hydrogens is 206 g/mol. The maximum Gasteiger partial charge on any atom is 0.311 e. The molecule has 1 rings (SSSR count). The highest BCUT2D eigenvalue weighted by atomic mass is 35.5. The van der Waals surface area contributed by atoms with Crippen molar-refractivity contribution in [1.82, 2.24) is 4.98 Å². The predicted molar refractivity (Wildman–Crippen MR) is 50.6 cm³/mol. The second-order valence-electron chi connectivity index (χ2n) is 2.81. The zero-order chi connectivity index (χ0) is 10.7. The maximum atomic E-state index is 11.3. The molecule has 0 amide bonds. The number of nitrogens with zero attached hydrogens (tertiary/aromatic N) is 1. The fraction of sp³-hybridized carbons (Fsp3) is 0.222. The summed E-state index contributed by atoms with van der Waals surface area (Å²) in [5, 5.41) is 8.61. The molecule has 1 N–H and O–H groups in total. The molecule has 0 saturated heterocycles. The smallest absolute Gasteiger partial charge is 0.311 e. The van der Waals surface area contributed by atoms with Crippen LogP contribution in [-0.2, 0) is 4.79 Å². The van der Waals surface area contributed by atoms with Crippen LogP contribution in [0.3, 0.4) is 0 Å². The number of carbonyl (C=O) groups excluding carboxylic acids is 1. The summed E-state index contributed by atoms with van der Waals surface area (Å²) in [7, 11) is 0. The minimum absolute atomic E-state index is 0.193. The van der Waals surface area contributed by atoms with Gasteiger partial charge >= 0.3 is 5.97 Å². The van der Waals surface area contributed by atoms with Crippen LogP contribution < -0.4 is 0 Å². The normalized spacial score (nSPS) is 9.86. The molecule has 0 aliphatic heterocycles. The Morgan fingerprint density at radius 2 is 2.14 bits per heavy atom. The van der Waals surface area contributed by atoms with Crippen LogP contribution in [0.5, 0.6) is 0 Å². The second kappa shape index (κ2) is 4.19. The molecule has 0 bridgehead atoms. The van der Waals surface area contributed by atoms with Crippen molar-refractivity contribution in [2.75, 3.05) is 0 Å². The standard InChI is InChI=1S/C9H8ClNO3/c1-5-2-6(3-8(10)11-5)7(12)4-9(13)14/h2-3H,4H2,1H3,(H,13,14). The number of carboxylic acids is 1. The lowest BCUT2D eigenvalue weighted by atomic mass is 10.1. The van der Waals surface area contributed by atoms with E-state index in [4.69, 9.17) is 16.7 Å². The van der Waals surface area contributed by atoms with E-state index < -0.39 is 18.2 Å². The fourth-order valence-electron chi connectivity index (χ4n) is 1.03. The van der Waals surface area contributed by atoms with Crippen LogP contribution in [0.25, 0.3) is 0 Å². The SMILES string of the molecule is Cc1cc(C(=O)CC(=O)O)cc(Cl)n1. The molecule has 0 fully saturated rings. The summed E-state index contributed by atoms with van der Waals surface area (Å²) in [6, 6.07) is 2.87. The number of hydrogen-bond donors (Lipinski definition) is 1. The van der Waals surface area contributed by atoms with Gasteiger partial charge in [-0.15, -0.1) is 0 Å². The minimum atomic E-state index is -1.15. The maximum absolute atomic E-state index is 11.3. The molecule has 0 unspecified atom stereocenters. The Hall–Kier alpha value is -1.42. The Bertz CT molecular complexity index is 369. The first-order chi connectivity index (χ1) is 6.49. The van der Waals surface area contributed by atoms with Gasteiger partial charge in [-0.05, 0) is 19.1 Å². The summed E-state index contributed by atoms with van der Waals surface area (Å²) in [6.07, 6.45) is -0.528. The Morgan fingerprint density at radius 3 is 2.64 bits per heavy atom. The van der Waals surface area contributed by atoms with E-state index in [1.54, 1.807) is 6.92 Å². The lowest BCUT2D eigenvalue weighted by Gasteiger charge is -2.00. The number of ketones is 1. The first-order valence-corrected chi connectivity index (χ1v) is 4.26. The molecule has 0 aliphatic rings. The number of aromatic nitrogens is 1. The van der Waals surface area contributed by atoms with Gasteiger partial charge in [-0.3, -0.25) is 9.59 Å². The van der Waals surface area contributed by atoms with Crippen molar-refractivity contribution in [2.45, 2.75) is 13.3 Å². The number of carbonyl (C=O) groups is 2. The summed E-state index contributed by atoms with van der Waals surface area (Å²) in [5.74, 6) is -1.62. The Balaban J connectivity index is 2.95. The summed E-state index contributed by atoms with van der Waals surface area (Å²) in [4.78, 5) is 25.4. The zero-order valence-corrected chi connectivity index (χ0v) is 8.21. The fourth-order valence-corrected chi connectivity index (χ4v) is 1.28. The van der Waals surface area contributed by atoms with Crippen LogP contribution in [0.15, 0.2) is 12.1 Å². The van der Waals surface area contributed by atoms with Gasteiger partial charge in [-0.1, -0.05) is 11.6 Å². The largest absolute Gasteiger partial charge is 0.481 e. The quantitative estimate of drug-likeness (QED) is 0.472. The molecule has 1 heterocycles. The van der Waals surface area contributed by atoms with Crippen molar-refractivity contribution in [2.24, 2.45) is 0 Å². The van der Waals surface area contributed by atoms with E-state index in [0.717, 1.165) is 0 Å². The van der Waals surface area contributed by atoms with Crippen molar-refractivity contribution in [1.29, 1.82) is 0 Å². The number of aliphatic carboxylic acids is 1. The highest BCUT2D eigenvalue weighted by Crippen LogP contribution is 2.12. The summed E-state index contributed by atoms with van der Waals surface area (Å²) < 4.78 is 0. The molecule has 5 heteroatoms. The molecule has 14 heavy (non-hydrogen) atoms. The molecule has 0 aromatic carbocycles. The summed E-state index contributed by atoms with van der Waals surface area (Å²) >= 11 is 5.62. The third kappa shape index (κ3) is 2.81. The summed E-state index contributed by atoms with van der Waals surface area (Å²) in [5.41, 5.74) is 0.871. The van der Waals surface area contributed by atoms with Gasteiger partial charge in [0.25, 0.3) is 0 Å². The van der Waals surface area contributed by atoms with Crippen molar-refractivity contribution in [3.05, 3.63) is 28.5 Å². The molecule has 1 aromatic heterocycles. The van der Waals surface area contributed by atoms with Gasteiger partial charge in [-0.25, -0.2) is 4.98 Å². The van der Waals surface area contributed by atoms with Crippen LogP contribution in [0.4, 0.5) is 0 Å². The van der Waals surface area contributed by atoms with E-state index in [-0.39, 0.29) is 10.7 Å². The number of hydrogen-bond acceptors (Lipinski definition) is 3. The van der Waals surface area contributed by atoms with Gasteiger partial charge in [0.2, 0.25) is 0 Å². The highest BCUT2D eigenvalue weighted by Gasteiger charge is 2.11. The topological polar surface area (TPSA) is 67.3 Å². The number of Topliss-reactive ketones (excluding diaryl/α,β-unsaturated/α-hetero) is 1. The predicted octanol–water partition coefficient (Wildman–Crippen LogP) is 1.70. The lowest BCUT2D eigenvalue weighted by Crippen LogP contribution is -2.07. The van der Waals surface area contributed by atoms with Crippen LogP contribution in [0.1, 0.15) is 22.5 Å². The van der Waals surface area contributed by atoms with Gasteiger partial charge in [0.1, 0.15) is 11.6 Å². The highest BCUT2D eigenvalue weighted by molar-refractivity contribution is 6.29. The second-order valence-corrected chi connectivity index (χ2v) is 3.20. The minimum Gasteiger partial charge on any atom is -0.481 e. The Kier molecular flexibility index (Phi) is 3.19. The van der Waals surface area contributed by atoms with Gasteiger partial charge in [0, 0.05) is 11.3 Å². The van der Waals surface area contributed by atoms with E-state index in [0.29, 0.717) is 5.69 Å². The van der Waals surface area contributed by atoms with Crippen molar-refractivity contribution in [3.8, 4) is 0 Å². The molecule has 1 aromatic rings. The number of carboxylic acid groups (broad SMARTS) is 1. The first kappa shape index (κ1) is 10.7. The van der Waals surface area contributed by atoms with Crippen molar-refractivity contribution < 1.29 is 14.7 Å². The van der Waals surface area contributed by atoms with E-state index in [1.807, 2.05) is 0 Å². The molecule has 74 valence electrons. The number of pyridine rings is 1. The molecule has 0 aliphatic carbocycles. The Labute approximate surface area is 85.5 Å². The van der Waals surface area contributed by atoms with Crippen molar-refractivity contribution >= 4 is 23.4 Å². The van der Waals surface area contributed by atoms with Gasteiger partial charge in [0.15, 0.2) is 5.78 Å². The van der Waals surface area contributed by atoms with Gasteiger partial charge in [-0.2, -0.15) is 0 Å². The molecule has 4 nitrogen and oxygen atoms in total. The molecular formula is C9H8ClNO3. The van der Waals surface area contributed by atoms with E-state index in [1.165, 1.54) is 12.1 Å². The first-order valence-electron chi connectivity index (χ1n) is 3.88. The molecule has 0 saturated carbocycles. The monoisotopic (exact) mass is 213 g/mol. The average Bonchev–Trinajstić information content (AvgIpc) is 2.00. The molecule has 0 atom stereocenters. The van der Waals surface area contributed by atoms with E-state index >= 15 is 0 Å². The van der Waals surface area contributed by atoms with E-state index in [9.17, 15) is 9.59 Å². The zero-order valence-electron chi connectivity index (χ0n) is 7.45. The number of aryl methyl sites for hydroxylation is 1. The summed E-state index contributed by atoms with van der Waals surface area (Å²) in [6.45, 7) is 1.68. The van der Waals surface area contributed by atoms with Crippen molar-refractivity contribution in [3.63, 3.8) is 0 Å². The number of rotatable bonds is 3. The van der Waals surface area contributed by atoms with Crippen LogP contribution in [-0.4, -0.2) is 21.8 Å². The average molecular weight is 214 g/mol. The lowest BCUT2D eigenvalue weighted by molar-refractivity contribution is -0.135. The van der Waals surface area contributed by atoms with Crippen LogP contribution >= 0.6 is 11.6 Å². The third-order valence-corrected chi connectivity index (χ3v) is 1.75. The van der Waals surface area contributed by atoms with E-state index in [2.05, 4.69) is 4.98 Å². The molecule has 0 radical (unpaired) electrons. The molecule has 0 spiro atoms. The van der Waals surface area contributed by atoms with Crippen LogP contribution in [0, 0.1) is 6.92 Å². The van der Waals surface area contributed by atoms with Gasteiger partial charge in [0.05, 0.1) is 0 Å². The van der Waals surface area contributed by atoms with Crippen LogP contribution in [0.2, 0.25) is 5.15 Å².